The van der Waals surface area contributed by atoms with Crippen molar-refractivity contribution in [3.05, 3.63) is 29.6 Å². The van der Waals surface area contributed by atoms with E-state index < -0.39 is 0 Å². The second-order valence-electron chi connectivity index (χ2n) is 10.2. The van der Waals surface area contributed by atoms with Crippen molar-refractivity contribution in [2.24, 2.45) is 11.8 Å². The van der Waals surface area contributed by atoms with Gasteiger partial charge in [0.15, 0.2) is 0 Å². The molecule has 0 spiro atoms. The third-order valence-electron chi connectivity index (χ3n) is 8.20. The fourth-order valence-electron chi connectivity index (χ4n) is 6.14. The number of nitriles is 1. The fraction of sp³-hybridized carbons (Fsp3) is 0.679. The highest BCUT2D eigenvalue weighted by Gasteiger charge is 2.26. The highest BCUT2D eigenvalue weighted by atomic mass is 16.2. The molecule has 0 atom stereocenters. The van der Waals surface area contributed by atoms with E-state index in [1.54, 1.807) is 0 Å². The van der Waals surface area contributed by atoms with Gasteiger partial charge in [-0.3, -0.25) is 4.79 Å². The third kappa shape index (κ3) is 5.60. The minimum atomic E-state index is 0.272. The van der Waals surface area contributed by atoms with Gasteiger partial charge in [-0.25, -0.2) is 4.98 Å². The first-order chi connectivity index (χ1) is 16.1. The van der Waals surface area contributed by atoms with Crippen LogP contribution in [0.15, 0.2) is 18.2 Å². The van der Waals surface area contributed by atoms with Gasteiger partial charge in [0.25, 0.3) is 0 Å². The summed E-state index contributed by atoms with van der Waals surface area (Å²) in [6.45, 7) is 5.89. The Balaban J connectivity index is 1.51. The molecule has 0 N–H and O–H groups in total. The van der Waals surface area contributed by atoms with Gasteiger partial charge < -0.3 is 9.47 Å². The molecule has 1 aromatic carbocycles. The number of aromatic nitrogens is 2. The van der Waals surface area contributed by atoms with E-state index in [0.29, 0.717) is 30.5 Å². The maximum Gasteiger partial charge on any atom is 0.224 e. The lowest BCUT2D eigenvalue weighted by molar-refractivity contribution is -0.134. The number of aryl methyl sites for hydroxylation is 1. The maximum atomic E-state index is 13.2. The number of carbonyl (C=O) groups excluding carboxylic acids is 1. The Morgan fingerprint density at radius 3 is 2.48 bits per heavy atom. The number of hydrogen-bond acceptors (Lipinski definition) is 3. The topological polar surface area (TPSA) is 61.9 Å². The molecule has 2 saturated carbocycles. The third-order valence-corrected chi connectivity index (χ3v) is 8.20. The van der Waals surface area contributed by atoms with Gasteiger partial charge in [-0.2, -0.15) is 5.26 Å². The van der Waals surface area contributed by atoms with Gasteiger partial charge in [0, 0.05) is 32.0 Å². The van der Waals surface area contributed by atoms with E-state index >= 15 is 0 Å². The monoisotopic (exact) mass is 448 g/mol. The predicted octanol–water partition coefficient (Wildman–Crippen LogP) is 6.24. The van der Waals surface area contributed by atoms with E-state index in [9.17, 15) is 10.1 Å². The lowest BCUT2D eigenvalue weighted by atomic mass is 9.79. The first-order valence-electron chi connectivity index (χ1n) is 13.3. The van der Waals surface area contributed by atoms with Crippen molar-refractivity contribution in [1.82, 2.24) is 14.5 Å². The first kappa shape index (κ1) is 23.8. The van der Waals surface area contributed by atoms with Crippen LogP contribution in [-0.4, -0.2) is 32.9 Å². The molecule has 2 aliphatic rings. The minimum absolute atomic E-state index is 0.272. The van der Waals surface area contributed by atoms with Crippen LogP contribution in [0, 0.1) is 23.2 Å². The average Bonchev–Trinajstić information content (AvgIpc) is 3.20. The SMILES string of the molecule is CCN(C(=O)CCn1c(C[C@H]2CC[C@H](CC)CC2)nc2cc(C#N)ccc21)C1CCCCC1. The highest BCUT2D eigenvalue weighted by molar-refractivity contribution is 5.79. The number of rotatable bonds is 8. The van der Waals surface area contributed by atoms with Crippen LogP contribution in [0.3, 0.4) is 0 Å². The Kier molecular flexibility index (Phi) is 8.06. The summed E-state index contributed by atoms with van der Waals surface area (Å²) in [6, 6.07) is 8.44. The molecule has 33 heavy (non-hydrogen) atoms. The smallest absolute Gasteiger partial charge is 0.224 e. The largest absolute Gasteiger partial charge is 0.340 e. The van der Waals surface area contributed by atoms with Crippen LogP contribution in [-0.2, 0) is 17.8 Å². The molecule has 1 aromatic heterocycles. The van der Waals surface area contributed by atoms with E-state index in [0.717, 1.165) is 48.6 Å². The number of amides is 1. The summed E-state index contributed by atoms with van der Waals surface area (Å²) < 4.78 is 2.27. The van der Waals surface area contributed by atoms with Crippen molar-refractivity contribution in [2.75, 3.05) is 6.54 Å². The zero-order valence-electron chi connectivity index (χ0n) is 20.6. The number of benzene rings is 1. The van der Waals surface area contributed by atoms with Crippen LogP contribution in [0.1, 0.15) is 95.9 Å². The number of imidazole rings is 1. The van der Waals surface area contributed by atoms with Crippen molar-refractivity contribution in [2.45, 2.75) is 103 Å². The lowest BCUT2D eigenvalue weighted by Crippen LogP contribution is -2.41. The molecule has 2 aromatic rings. The molecule has 0 radical (unpaired) electrons. The quantitative estimate of drug-likeness (QED) is 0.480. The Morgan fingerprint density at radius 1 is 1.09 bits per heavy atom. The molecule has 0 bridgehead atoms. The number of fused-ring (bicyclic) bond motifs is 1. The number of hydrogen-bond donors (Lipinski definition) is 0. The molecule has 0 saturated heterocycles. The lowest BCUT2D eigenvalue weighted by Gasteiger charge is -2.33. The van der Waals surface area contributed by atoms with Crippen LogP contribution in [0.25, 0.3) is 11.0 Å². The van der Waals surface area contributed by atoms with E-state index in [2.05, 4.69) is 29.4 Å². The van der Waals surface area contributed by atoms with E-state index in [1.807, 2.05) is 18.2 Å². The summed E-state index contributed by atoms with van der Waals surface area (Å²) in [7, 11) is 0. The molecule has 5 nitrogen and oxygen atoms in total. The molecule has 2 aliphatic carbocycles. The van der Waals surface area contributed by atoms with Gasteiger partial charge in [-0.15, -0.1) is 0 Å². The highest BCUT2D eigenvalue weighted by Crippen LogP contribution is 2.33. The maximum absolute atomic E-state index is 13.2. The average molecular weight is 449 g/mol. The predicted molar refractivity (Wildman–Crippen MR) is 133 cm³/mol. The Labute approximate surface area is 199 Å². The minimum Gasteiger partial charge on any atom is -0.340 e. The normalized spacial score (nSPS) is 21.7. The summed E-state index contributed by atoms with van der Waals surface area (Å²) in [5.41, 5.74) is 2.59. The van der Waals surface area contributed by atoms with Gasteiger partial charge in [0.2, 0.25) is 5.91 Å². The molecule has 2 fully saturated rings. The summed E-state index contributed by atoms with van der Waals surface area (Å²) in [4.78, 5) is 20.3. The van der Waals surface area contributed by atoms with Gasteiger partial charge in [-0.1, -0.05) is 45.4 Å². The van der Waals surface area contributed by atoms with Gasteiger partial charge in [0.1, 0.15) is 5.82 Å². The van der Waals surface area contributed by atoms with Gasteiger partial charge in [-0.05, 0) is 62.6 Å². The van der Waals surface area contributed by atoms with E-state index in [4.69, 9.17) is 4.98 Å². The number of nitrogens with zero attached hydrogens (tertiary/aromatic N) is 4. The summed E-state index contributed by atoms with van der Waals surface area (Å²) in [5.74, 6) is 2.92. The van der Waals surface area contributed by atoms with E-state index in [1.165, 1.54) is 51.4 Å². The molecule has 1 amide bonds. The molecular weight excluding hydrogens is 408 g/mol. The van der Waals surface area contributed by atoms with Crippen molar-refractivity contribution in [3.63, 3.8) is 0 Å². The van der Waals surface area contributed by atoms with Crippen molar-refractivity contribution in [1.29, 1.82) is 5.26 Å². The van der Waals surface area contributed by atoms with Crippen molar-refractivity contribution >= 4 is 16.9 Å². The Hall–Kier alpha value is -2.35. The van der Waals surface area contributed by atoms with Crippen LogP contribution < -0.4 is 0 Å². The second kappa shape index (κ2) is 11.2. The zero-order chi connectivity index (χ0) is 23.2. The zero-order valence-corrected chi connectivity index (χ0v) is 20.6. The molecule has 5 heteroatoms. The van der Waals surface area contributed by atoms with Crippen LogP contribution in [0.2, 0.25) is 0 Å². The van der Waals surface area contributed by atoms with Crippen LogP contribution in [0.4, 0.5) is 0 Å². The molecule has 0 aliphatic heterocycles. The van der Waals surface area contributed by atoms with Gasteiger partial charge in [0.05, 0.1) is 22.7 Å². The van der Waals surface area contributed by atoms with Crippen molar-refractivity contribution < 1.29 is 4.79 Å². The summed E-state index contributed by atoms with van der Waals surface area (Å²) in [6.07, 6.45) is 14.1. The molecule has 0 unspecified atom stereocenters. The Morgan fingerprint density at radius 2 is 1.82 bits per heavy atom. The number of carbonyl (C=O) groups is 1. The molecule has 4 rings (SSSR count). The molecule has 1 heterocycles. The Bertz CT molecular complexity index is 974. The van der Waals surface area contributed by atoms with Crippen LogP contribution >= 0.6 is 0 Å². The van der Waals surface area contributed by atoms with E-state index in [-0.39, 0.29) is 5.91 Å². The molecular formula is C28H40N4O. The summed E-state index contributed by atoms with van der Waals surface area (Å²) >= 11 is 0. The van der Waals surface area contributed by atoms with Crippen LogP contribution in [0.5, 0.6) is 0 Å². The molecule has 178 valence electrons. The van der Waals surface area contributed by atoms with Gasteiger partial charge >= 0.3 is 0 Å². The standard InChI is InChI=1S/C28H40N4O/c1-3-21-10-12-22(13-11-21)19-27-30-25-18-23(20-29)14-15-26(25)32(27)17-16-28(33)31(4-2)24-8-6-5-7-9-24/h14-15,18,21-22,24H,3-13,16-17,19H2,1-2H3/t21-,22-. The summed E-state index contributed by atoms with van der Waals surface area (Å²) in [5, 5.41) is 9.34. The fourth-order valence-corrected chi connectivity index (χ4v) is 6.14. The first-order valence-corrected chi connectivity index (χ1v) is 13.3. The van der Waals surface area contributed by atoms with Crippen molar-refractivity contribution in [3.8, 4) is 6.07 Å². The second-order valence-corrected chi connectivity index (χ2v) is 10.2.